The molecule has 0 aliphatic carbocycles. The topological polar surface area (TPSA) is 100 Å². The van der Waals surface area contributed by atoms with Gasteiger partial charge in [-0.3, -0.25) is 0 Å². The molecule has 26 heavy (non-hydrogen) atoms. The van der Waals surface area contributed by atoms with Gasteiger partial charge in [0.25, 0.3) is 0 Å². The summed E-state index contributed by atoms with van der Waals surface area (Å²) in [5.41, 5.74) is 7.27. The third-order valence-electron chi connectivity index (χ3n) is 3.95. The van der Waals surface area contributed by atoms with Gasteiger partial charge in [-0.1, -0.05) is 11.8 Å². The molecule has 1 aliphatic heterocycles. The average molecular weight is 484 g/mol. The van der Waals surface area contributed by atoms with Crippen LogP contribution in [0.3, 0.4) is 0 Å². The van der Waals surface area contributed by atoms with E-state index in [9.17, 15) is 0 Å². The first-order valence-electron chi connectivity index (χ1n) is 8.07. The molecule has 0 amide bonds. The summed E-state index contributed by atoms with van der Waals surface area (Å²) >= 11 is 3.87. The Morgan fingerprint density at radius 3 is 2.88 bits per heavy atom. The molecule has 1 aliphatic rings. The Morgan fingerprint density at radius 2 is 2.12 bits per heavy atom. The lowest BCUT2D eigenvalue weighted by molar-refractivity contribution is 0.174. The Labute approximate surface area is 168 Å². The third kappa shape index (κ3) is 3.16. The Kier molecular flexibility index (Phi) is 5.05. The van der Waals surface area contributed by atoms with Gasteiger partial charge in [-0.2, -0.15) is 0 Å². The van der Waals surface area contributed by atoms with Crippen molar-refractivity contribution in [3.05, 3.63) is 22.0 Å². The molecule has 3 heterocycles. The lowest BCUT2D eigenvalue weighted by atomic mass is 10.3. The highest BCUT2D eigenvalue weighted by atomic mass is 127. The lowest BCUT2D eigenvalue weighted by Crippen LogP contribution is -2.07. The highest BCUT2D eigenvalue weighted by Crippen LogP contribution is 2.41. The number of hydrogen-bond acceptors (Lipinski definition) is 8. The monoisotopic (exact) mass is 484 g/mol. The van der Waals surface area contributed by atoms with Gasteiger partial charge in [-0.05, 0) is 47.7 Å². The van der Waals surface area contributed by atoms with Gasteiger partial charge in [0.2, 0.25) is 6.79 Å². The van der Waals surface area contributed by atoms with Crippen LogP contribution in [0.2, 0.25) is 0 Å². The first-order valence-corrected chi connectivity index (χ1v) is 9.97. The number of ether oxygens (including phenoxy) is 2. The molecule has 0 bridgehead atoms. The van der Waals surface area contributed by atoms with Crippen molar-refractivity contribution in [2.45, 2.75) is 23.0 Å². The molecular formula is C16H17IN6O2S. The van der Waals surface area contributed by atoms with E-state index in [2.05, 4.69) is 42.4 Å². The number of nitrogens with two attached hydrogens (primary N) is 1. The minimum absolute atomic E-state index is 0.260. The Balaban J connectivity index is 1.78. The van der Waals surface area contributed by atoms with E-state index >= 15 is 0 Å². The number of imidazole rings is 1. The van der Waals surface area contributed by atoms with Crippen LogP contribution < -0.4 is 20.5 Å². The third-order valence-corrected chi connectivity index (χ3v) is 6.26. The Bertz CT molecular complexity index is 964. The number of anilines is 1. The van der Waals surface area contributed by atoms with Crippen LogP contribution in [-0.2, 0) is 6.54 Å². The van der Waals surface area contributed by atoms with Gasteiger partial charge in [0.05, 0.1) is 0 Å². The summed E-state index contributed by atoms with van der Waals surface area (Å²) in [6, 6.07) is 3.98. The van der Waals surface area contributed by atoms with Crippen LogP contribution >= 0.6 is 34.4 Å². The quantitative estimate of drug-likeness (QED) is 0.516. The van der Waals surface area contributed by atoms with Crippen LogP contribution in [0, 0.1) is 3.57 Å². The summed E-state index contributed by atoms with van der Waals surface area (Å²) < 4.78 is 14.1. The fourth-order valence-electron chi connectivity index (χ4n) is 2.70. The van der Waals surface area contributed by atoms with E-state index in [1.807, 2.05) is 19.2 Å². The van der Waals surface area contributed by atoms with Gasteiger partial charge in [-0.15, -0.1) is 0 Å². The minimum Gasteiger partial charge on any atom is -0.454 e. The summed E-state index contributed by atoms with van der Waals surface area (Å²) in [5.74, 6) is 2.25. The summed E-state index contributed by atoms with van der Waals surface area (Å²) in [5, 5.41) is 3.93. The van der Waals surface area contributed by atoms with Crippen LogP contribution in [0.25, 0.3) is 11.2 Å². The average Bonchev–Trinajstić information content (AvgIpc) is 3.23. The number of rotatable bonds is 6. The van der Waals surface area contributed by atoms with Crippen LogP contribution in [0.5, 0.6) is 11.5 Å². The molecule has 0 radical (unpaired) electrons. The van der Waals surface area contributed by atoms with Crippen molar-refractivity contribution in [1.29, 1.82) is 0 Å². The number of nitrogens with one attached hydrogen (secondary N) is 1. The van der Waals surface area contributed by atoms with Crippen LogP contribution in [-0.4, -0.2) is 39.9 Å². The summed E-state index contributed by atoms with van der Waals surface area (Å²) in [4.78, 5) is 14.5. The second-order valence-corrected chi connectivity index (χ2v) is 7.74. The summed E-state index contributed by atoms with van der Waals surface area (Å²) in [6.45, 7) is 1.61. The van der Waals surface area contributed by atoms with Gasteiger partial charge in [-0.25, -0.2) is 15.0 Å². The van der Waals surface area contributed by atoms with Crippen molar-refractivity contribution < 1.29 is 9.47 Å². The molecule has 3 N–H and O–H groups in total. The van der Waals surface area contributed by atoms with Crippen molar-refractivity contribution in [2.24, 2.45) is 5.73 Å². The zero-order valence-corrected chi connectivity index (χ0v) is 17.0. The molecule has 0 spiro atoms. The second-order valence-electron chi connectivity index (χ2n) is 5.57. The van der Waals surface area contributed by atoms with Gasteiger partial charge in [0.15, 0.2) is 33.6 Å². The molecule has 4 rings (SSSR count). The Morgan fingerprint density at radius 1 is 1.31 bits per heavy atom. The van der Waals surface area contributed by atoms with E-state index in [1.165, 1.54) is 0 Å². The smallest absolute Gasteiger partial charge is 0.231 e. The van der Waals surface area contributed by atoms with Gasteiger partial charge >= 0.3 is 0 Å². The van der Waals surface area contributed by atoms with Gasteiger partial charge in [0.1, 0.15) is 6.33 Å². The first-order chi connectivity index (χ1) is 12.7. The van der Waals surface area contributed by atoms with Crippen molar-refractivity contribution >= 4 is 51.3 Å². The summed E-state index contributed by atoms with van der Waals surface area (Å²) in [6.07, 6.45) is 2.39. The van der Waals surface area contributed by atoms with E-state index in [0.717, 1.165) is 49.3 Å². The molecule has 0 unspecified atom stereocenters. The summed E-state index contributed by atoms with van der Waals surface area (Å²) in [7, 11) is 1.83. The molecule has 2 aromatic heterocycles. The number of fused-ring (bicyclic) bond motifs is 2. The van der Waals surface area contributed by atoms with Crippen LogP contribution in [0.1, 0.15) is 6.42 Å². The molecule has 0 fully saturated rings. The number of aromatic nitrogens is 4. The molecule has 3 aromatic rings. The van der Waals surface area contributed by atoms with Crippen molar-refractivity contribution in [3.63, 3.8) is 0 Å². The predicted octanol–water partition coefficient (Wildman–Crippen LogP) is 2.70. The maximum absolute atomic E-state index is 5.72. The molecule has 136 valence electrons. The second kappa shape index (κ2) is 7.45. The Hall–Kier alpha value is -1.79. The highest BCUT2D eigenvalue weighted by Gasteiger charge is 2.20. The van der Waals surface area contributed by atoms with E-state index < -0.39 is 0 Å². The molecule has 1 aromatic carbocycles. The molecular weight excluding hydrogens is 467 g/mol. The van der Waals surface area contributed by atoms with E-state index in [0.29, 0.717) is 12.4 Å². The SMILES string of the molecule is CNc1ncnc2c1nc(Sc1cc3c(cc1I)OCO3)n2CCCN. The number of benzene rings is 1. The molecule has 8 nitrogen and oxygen atoms in total. The minimum atomic E-state index is 0.260. The highest BCUT2D eigenvalue weighted by molar-refractivity contribution is 14.1. The number of nitrogens with zero attached hydrogens (tertiary/aromatic N) is 4. The zero-order valence-electron chi connectivity index (χ0n) is 14.0. The fraction of sp³-hybridized carbons (Fsp3) is 0.312. The maximum atomic E-state index is 5.72. The fourth-order valence-corrected chi connectivity index (χ4v) is 4.42. The van der Waals surface area contributed by atoms with Crippen LogP contribution in [0.4, 0.5) is 5.82 Å². The van der Waals surface area contributed by atoms with Crippen molar-refractivity contribution in [3.8, 4) is 11.5 Å². The number of aryl methyl sites for hydroxylation is 1. The molecule has 0 atom stereocenters. The van der Waals surface area contributed by atoms with E-state index in [-0.39, 0.29) is 6.79 Å². The molecule has 0 saturated heterocycles. The largest absolute Gasteiger partial charge is 0.454 e. The predicted molar refractivity (Wildman–Crippen MR) is 108 cm³/mol. The first kappa shape index (κ1) is 17.6. The van der Waals surface area contributed by atoms with Gasteiger partial charge < -0.3 is 25.1 Å². The maximum Gasteiger partial charge on any atom is 0.231 e. The van der Waals surface area contributed by atoms with E-state index in [1.54, 1.807) is 18.1 Å². The number of hydrogen-bond donors (Lipinski definition) is 2. The normalized spacial score (nSPS) is 12.7. The van der Waals surface area contributed by atoms with Gasteiger partial charge in [0, 0.05) is 22.1 Å². The van der Waals surface area contributed by atoms with E-state index in [4.69, 9.17) is 20.2 Å². The standard InChI is InChI=1S/C16H17IN6O2S/c1-19-14-13-15(21-7-20-14)23(4-2-3-18)16(22-13)26-12-6-11-10(5-9(12)17)24-8-25-11/h5-7H,2-4,8,18H2,1H3,(H,19,20,21). The van der Waals surface area contributed by atoms with Crippen molar-refractivity contribution in [1.82, 2.24) is 19.5 Å². The lowest BCUT2D eigenvalue weighted by Gasteiger charge is -2.09. The molecule has 10 heteroatoms. The van der Waals surface area contributed by atoms with Crippen LogP contribution in [0.15, 0.2) is 28.5 Å². The zero-order chi connectivity index (χ0) is 18.1. The van der Waals surface area contributed by atoms with Crippen molar-refractivity contribution in [2.75, 3.05) is 25.7 Å². The number of halogens is 1. The molecule has 0 saturated carbocycles.